The maximum absolute atomic E-state index is 6.47. The van der Waals surface area contributed by atoms with Gasteiger partial charge in [-0.15, -0.1) is 0 Å². The van der Waals surface area contributed by atoms with Gasteiger partial charge in [0.05, 0.1) is 12.1 Å². The fourth-order valence-corrected chi connectivity index (χ4v) is 3.93. The van der Waals surface area contributed by atoms with Crippen molar-refractivity contribution >= 4 is 23.2 Å². The fraction of sp³-hybridized carbons (Fsp3) is 0.647. The molecule has 1 fully saturated rings. The number of methoxy groups -OCH3 is 1. The van der Waals surface area contributed by atoms with Gasteiger partial charge in [0.2, 0.25) is 0 Å². The summed E-state index contributed by atoms with van der Waals surface area (Å²) in [6.07, 6.45) is 9.21. The Morgan fingerprint density at radius 3 is 2.24 bits per heavy atom. The van der Waals surface area contributed by atoms with E-state index in [4.69, 9.17) is 27.9 Å². The van der Waals surface area contributed by atoms with Gasteiger partial charge in [-0.3, -0.25) is 0 Å². The number of halogens is 2. The second kappa shape index (κ2) is 8.26. The minimum Gasteiger partial charge on any atom is -0.495 e. The molecular formula is C17H25Cl2NO. The predicted octanol–water partition coefficient (Wildman–Crippen LogP) is 5.62. The molecule has 0 amide bonds. The zero-order valence-corrected chi connectivity index (χ0v) is 14.4. The van der Waals surface area contributed by atoms with Crippen LogP contribution in [0.15, 0.2) is 12.1 Å². The highest BCUT2D eigenvalue weighted by atomic mass is 35.5. The third-order valence-electron chi connectivity index (χ3n) is 4.54. The molecule has 0 radical (unpaired) electrons. The highest BCUT2D eigenvalue weighted by molar-refractivity contribution is 6.34. The number of rotatable bonds is 4. The molecule has 0 spiro atoms. The van der Waals surface area contributed by atoms with E-state index in [9.17, 15) is 0 Å². The lowest BCUT2D eigenvalue weighted by molar-refractivity contribution is 0.299. The Bertz CT molecular complexity index is 456. The normalized spacial score (nSPS) is 18.9. The van der Waals surface area contributed by atoms with E-state index in [-0.39, 0.29) is 6.04 Å². The van der Waals surface area contributed by atoms with Crippen LogP contribution in [0.4, 0.5) is 0 Å². The van der Waals surface area contributed by atoms with Gasteiger partial charge in [0.1, 0.15) is 5.75 Å². The van der Waals surface area contributed by atoms with Crippen molar-refractivity contribution in [2.24, 2.45) is 5.92 Å². The highest BCUT2D eigenvalue weighted by Crippen LogP contribution is 2.39. The summed E-state index contributed by atoms with van der Waals surface area (Å²) in [6.45, 7) is 0. The number of nitrogens with one attached hydrogen (secondary N) is 1. The van der Waals surface area contributed by atoms with E-state index in [2.05, 4.69) is 5.32 Å². The minimum absolute atomic E-state index is 0.263. The summed E-state index contributed by atoms with van der Waals surface area (Å²) < 4.78 is 5.24. The van der Waals surface area contributed by atoms with Crippen LogP contribution in [-0.4, -0.2) is 14.2 Å². The topological polar surface area (TPSA) is 21.3 Å². The van der Waals surface area contributed by atoms with Crippen LogP contribution >= 0.6 is 23.2 Å². The highest BCUT2D eigenvalue weighted by Gasteiger charge is 2.25. The lowest BCUT2D eigenvalue weighted by Gasteiger charge is -2.30. The van der Waals surface area contributed by atoms with Gasteiger partial charge in [0.25, 0.3) is 0 Å². The SMILES string of the molecule is CNC(c1cc(Cl)c(OC)cc1Cl)C1CCCCCCC1. The van der Waals surface area contributed by atoms with E-state index >= 15 is 0 Å². The molecule has 118 valence electrons. The van der Waals surface area contributed by atoms with Crippen molar-refractivity contribution in [1.29, 1.82) is 0 Å². The van der Waals surface area contributed by atoms with Gasteiger partial charge >= 0.3 is 0 Å². The van der Waals surface area contributed by atoms with Crippen LogP contribution in [0.5, 0.6) is 5.75 Å². The van der Waals surface area contributed by atoms with Gasteiger partial charge in [-0.05, 0) is 37.4 Å². The van der Waals surface area contributed by atoms with Crippen LogP contribution in [0, 0.1) is 5.92 Å². The summed E-state index contributed by atoms with van der Waals surface area (Å²) >= 11 is 12.8. The average Bonchev–Trinajstić information content (AvgIpc) is 2.44. The van der Waals surface area contributed by atoms with Crippen LogP contribution in [0.25, 0.3) is 0 Å². The number of ether oxygens (including phenoxy) is 1. The Hall–Kier alpha value is -0.440. The average molecular weight is 330 g/mol. The van der Waals surface area contributed by atoms with Crippen molar-refractivity contribution in [3.05, 3.63) is 27.7 Å². The van der Waals surface area contributed by atoms with Gasteiger partial charge in [-0.25, -0.2) is 0 Å². The first-order chi connectivity index (χ1) is 10.2. The van der Waals surface area contributed by atoms with Gasteiger partial charge in [-0.2, -0.15) is 0 Å². The van der Waals surface area contributed by atoms with Crippen molar-refractivity contribution in [3.8, 4) is 5.75 Å². The molecular weight excluding hydrogens is 305 g/mol. The van der Waals surface area contributed by atoms with Gasteiger partial charge in [-0.1, -0.05) is 55.3 Å². The molecule has 0 saturated heterocycles. The molecule has 2 rings (SSSR count). The molecule has 1 saturated carbocycles. The van der Waals surface area contributed by atoms with Crippen molar-refractivity contribution in [2.45, 2.75) is 51.0 Å². The standard InChI is InChI=1S/C17H25Cl2NO/c1-20-17(12-8-6-4-3-5-7-9-12)13-10-15(19)16(21-2)11-14(13)18/h10-12,17,20H,3-9H2,1-2H3. The lowest BCUT2D eigenvalue weighted by atomic mass is 9.83. The zero-order chi connectivity index (χ0) is 15.2. The van der Waals surface area contributed by atoms with Crippen LogP contribution in [0.2, 0.25) is 10.0 Å². The molecule has 0 bridgehead atoms. The third-order valence-corrected chi connectivity index (χ3v) is 5.16. The Kier molecular flexibility index (Phi) is 6.66. The van der Waals surface area contributed by atoms with Gasteiger partial charge in [0, 0.05) is 17.1 Å². The van der Waals surface area contributed by atoms with Gasteiger partial charge < -0.3 is 10.1 Å². The Labute approximate surface area is 138 Å². The van der Waals surface area contributed by atoms with Crippen molar-refractivity contribution in [3.63, 3.8) is 0 Å². The molecule has 1 aromatic rings. The second-order valence-electron chi connectivity index (χ2n) is 5.88. The maximum Gasteiger partial charge on any atom is 0.138 e. The van der Waals surface area contributed by atoms with E-state index in [0.717, 1.165) is 10.6 Å². The molecule has 0 heterocycles. The number of benzene rings is 1. The van der Waals surface area contributed by atoms with Crippen LogP contribution < -0.4 is 10.1 Å². The number of hydrogen-bond acceptors (Lipinski definition) is 2. The molecule has 0 aromatic heterocycles. The summed E-state index contributed by atoms with van der Waals surface area (Å²) in [5, 5.41) is 4.82. The molecule has 0 aliphatic heterocycles. The molecule has 4 heteroatoms. The summed E-state index contributed by atoms with van der Waals surface area (Å²) in [5.74, 6) is 1.26. The molecule has 1 aromatic carbocycles. The Morgan fingerprint density at radius 2 is 1.67 bits per heavy atom. The van der Waals surface area contributed by atoms with E-state index in [1.165, 1.54) is 44.9 Å². The molecule has 1 unspecified atom stereocenters. The molecule has 2 nitrogen and oxygen atoms in total. The van der Waals surface area contributed by atoms with E-state index in [1.807, 2.05) is 19.2 Å². The van der Waals surface area contributed by atoms with Crippen LogP contribution in [-0.2, 0) is 0 Å². The molecule has 1 aliphatic carbocycles. The monoisotopic (exact) mass is 329 g/mol. The van der Waals surface area contributed by atoms with Crippen LogP contribution in [0.1, 0.15) is 56.6 Å². The van der Waals surface area contributed by atoms with Crippen LogP contribution in [0.3, 0.4) is 0 Å². The summed E-state index contributed by atoms with van der Waals surface area (Å²) in [4.78, 5) is 0. The van der Waals surface area contributed by atoms with Crippen molar-refractivity contribution in [2.75, 3.05) is 14.2 Å². The maximum atomic E-state index is 6.47. The summed E-state index contributed by atoms with van der Waals surface area (Å²) in [5.41, 5.74) is 1.09. The summed E-state index contributed by atoms with van der Waals surface area (Å²) in [7, 11) is 3.62. The smallest absolute Gasteiger partial charge is 0.138 e. The molecule has 1 atom stereocenters. The van der Waals surface area contributed by atoms with E-state index < -0.39 is 0 Å². The minimum atomic E-state index is 0.263. The first kappa shape index (κ1) is 16.9. The quantitative estimate of drug-likeness (QED) is 0.773. The molecule has 1 N–H and O–H groups in total. The fourth-order valence-electron chi connectivity index (χ4n) is 3.40. The Balaban J connectivity index is 2.25. The second-order valence-corrected chi connectivity index (χ2v) is 6.69. The first-order valence-electron chi connectivity index (χ1n) is 7.87. The van der Waals surface area contributed by atoms with E-state index in [0.29, 0.717) is 16.7 Å². The molecule has 21 heavy (non-hydrogen) atoms. The van der Waals surface area contributed by atoms with E-state index in [1.54, 1.807) is 7.11 Å². The molecule has 1 aliphatic rings. The first-order valence-corrected chi connectivity index (χ1v) is 8.63. The number of hydrogen-bond donors (Lipinski definition) is 1. The zero-order valence-electron chi connectivity index (χ0n) is 12.9. The van der Waals surface area contributed by atoms with Crippen molar-refractivity contribution in [1.82, 2.24) is 5.32 Å². The van der Waals surface area contributed by atoms with Crippen molar-refractivity contribution < 1.29 is 4.74 Å². The Morgan fingerprint density at radius 1 is 1.05 bits per heavy atom. The third kappa shape index (κ3) is 4.28. The predicted molar refractivity (Wildman–Crippen MR) is 90.6 cm³/mol. The summed E-state index contributed by atoms with van der Waals surface area (Å²) in [6, 6.07) is 4.05. The van der Waals surface area contributed by atoms with Gasteiger partial charge in [0.15, 0.2) is 0 Å². The lowest BCUT2D eigenvalue weighted by Crippen LogP contribution is -2.26. The largest absolute Gasteiger partial charge is 0.495 e.